The van der Waals surface area contributed by atoms with Crippen LogP contribution in [-0.2, 0) is 4.79 Å². The number of fused-ring (bicyclic) bond motifs is 1. The maximum atomic E-state index is 12.3. The van der Waals surface area contributed by atoms with Gasteiger partial charge in [-0.1, -0.05) is 24.3 Å². The van der Waals surface area contributed by atoms with Crippen molar-refractivity contribution in [2.45, 2.75) is 13.0 Å². The average molecular weight is 404 g/mol. The van der Waals surface area contributed by atoms with E-state index in [-0.39, 0.29) is 30.2 Å². The largest absolute Gasteiger partial charge is 0.484 e. The fourth-order valence-corrected chi connectivity index (χ4v) is 2.98. The molecule has 0 spiro atoms. The SMILES string of the molecule is C[C@@H](NC(=O)COc1cccc(NC(=O)c2ccco2)c1)c1cc2ccccc2o1. The third-order valence-electron chi connectivity index (χ3n) is 4.46. The van der Waals surface area contributed by atoms with Crippen molar-refractivity contribution in [1.82, 2.24) is 5.32 Å². The van der Waals surface area contributed by atoms with Crippen LogP contribution < -0.4 is 15.4 Å². The average Bonchev–Trinajstić information content (AvgIpc) is 3.42. The van der Waals surface area contributed by atoms with Crippen molar-refractivity contribution in [2.75, 3.05) is 11.9 Å². The van der Waals surface area contributed by atoms with E-state index in [1.807, 2.05) is 37.3 Å². The smallest absolute Gasteiger partial charge is 0.291 e. The molecule has 0 aliphatic heterocycles. The Hall–Kier alpha value is -4.00. The van der Waals surface area contributed by atoms with Gasteiger partial charge in [-0.05, 0) is 43.3 Å². The number of furan rings is 2. The molecule has 7 nitrogen and oxygen atoms in total. The van der Waals surface area contributed by atoms with Gasteiger partial charge in [-0.25, -0.2) is 0 Å². The molecule has 2 heterocycles. The lowest BCUT2D eigenvalue weighted by Crippen LogP contribution is -2.31. The first-order chi connectivity index (χ1) is 14.6. The lowest BCUT2D eigenvalue weighted by molar-refractivity contribution is -0.123. The van der Waals surface area contributed by atoms with Crippen molar-refractivity contribution in [1.29, 1.82) is 0 Å². The number of carbonyl (C=O) groups excluding carboxylic acids is 2. The maximum Gasteiger partial charge on any atom is 0.291 e. The highest BCUT2D eigenvalue weighted by atomic mass is 16.5. The fourth-order valence-electron chi connectivity index (χ4n) is 2.98. The van der Waals surface area contributed by atoms with E-state index in [0.717, 1.165) is 11.0 Å². The summed E-state index contributed by atoms with van der Waals surface area (Å²) in [5.41, 5.74) is 1.31. The molecule has 7 heteroatoms. The second kappa shape index (κ2) is 8.57. The molecule has 2 N–H and O–H groups in total. The Labute approximate surface area is 172 Å². The predicted molar refractivity (Wildman–Crippen MR) is 111 cm³/mol. The number of hydrogen-bond acceptors (Lipinski definition) is 5. The van der Waals surface area contributed by atoms with Crippen molar-refractivity contribution in [2.24, 2.45) is 0 Å². The van der Waals surface area contributed by atoms with Crippen molar-refractivity contribution in [3.63, 3.8) is 0 Å². The predicted octanol–water partition coefficient (Wildman–Crippen LogP) is 4.53. The van der Waals surface area contributed by atoms with Gasteiger partial charge in [0, 0.05) is 17.1 Å². The highest BCUT2D eigenvalue weighted by molar-refractivity contribution is 6.02. The Morgan fingerprint density at radius 1 is 1.03 bits per heavy atom. The second-order valence-electron chi connectivity index (χ2n) is 6.72. The molecule has 4 aromatic rings. The molecule has 0 fully saturated rings. The summed E-state index contributed by atoms with van der Waals surface area (Å²) >= 11 is 0. The van der Waals surface area contributed by atoms with Gasteiger partial charge in [-0.15, -0.1) is 0 Å². The molecule has 0 aliphatic carbocycles. The number of amides is 2. The summed E-state index contributed by atoms with van der Waals surface area (Å²) in [4.78, 5) is 24.3. The summed E-state index contributed by atoms with van der Waals surface area (Å²) < 4.78 is 16.4. The number of para-hydroxylation sites is 1. The Bertz CT molecular complexity index is 1130. The van der Waals surface area contributed by atoms with Gasteiger partial charge < -0.3 is 24.2 Å². The number of ether oxygens (including phenoxy) is 1. The van der Waals surface area contributed by atoms with E-state index in [2.05, 4.69) is 10.6 Å². The topological polar surface area (TPSA) is 93.7 Å². The minimum absolute atomic E-state index is 0.167. The highest BCUT2D eigenvalue weighted by Gasteiger charge is 2.15. The summed E-state index contributed by atoms with van der Waals surface area (Å²) in [6.07, 6.45) is 1.43. The van der Waals surface area contributed by atoms with Gasteiger partial charge in [-0.3, -0.25) is 9.59 Å². The van der Waals surface area contributed by atoms with E-state index in [1.54, 1.807) is 36.4 Å². The van der Waals surface area contributed by atoms with E-state index < -0.39 is 0 Å². The Kier molecular flexibility index (Phi) is 5.52. The number of hydrogen-bond donors (Lipinski definition) is 2. The van der Waals surface area contributed by atoms with Gasteiger partial charge in [0.05, 0.1) is 12.3 Å². The number of anilines is 1. The minimum atomic E-state index is -0.366. The van der Waals surface area contributed by atoms with Gasteiger partial charge in [0.1, 0.15) is 17.1 Å². The molecule has 2 amide bonds. The molecule has 0 aliphatic rings. The standard InChI is InChI=1S/C23H20N2O5/c1-15(21-12-16-6-2-3-9-19(16)30-21)24-22(26)14-29-18-8-4-7-17(13-18)25-23(27)20-10-5-11-28-20/h2-13,15H,14H2,1H3,(H,24,26)(H,25,27)/t15-/m1/s1. The van der Waals surface area contributed by atoms with E-state index in [9.17, 15) is 9.59 Å². The molecule has 0 saturated carbocycles. The van der Waals surface area contributed by atoms with Crippen molar-refractivity contribution in [3.8, 4) is 5.75 Å². The summed E-state index contributed by atoms with van der Waals surface area (Å²) in [5, 5.41) is 6.55. The van der Waals surface area contributed by atoms with Crippen molar-refractivity contribution < 1.29 is 23.2 Å². The van der Waals surface area contributed by atoms with Gasteiger partial charge in [-0.2, -0.15) is 0 Å². The third kappa shape index (κ3) is 4.52. The van der Waals surface area contributed by atoms with Crippen LogP contribution in [0.3, 0.4) is 0 Å². The summed E-state index contributed by atoms with van der Waals surface area (Å²) in [5.74, 6) is 0.689. The third-order valence-corrected chi connectivity index (χ3v) is 4.46. The van der Waals surface area contributed by atoms with Crippen LogP contribution in [0.5, 0.6) is 5.75 Å². The molecule has 2 aromatic heterocycles. The number of rotatable bonds is 7. The molecule has 0 bridgehead atoms. The van der Waals surface area contributed by atoms with Gasteiger partial charge in [0.15, 0.2) is 12.4 Å². The molecule has 2 aromatic carbocycles. The quantitative estimate of drug-likeness (QED) is 0.472. The summed E-state index contributed by atoms with van der Waals surface area (Å²) in [7, 11) is 0. The Morgan fingerprint density at radius 2 is 1.90 bits per heavy atom. The van der Waals surface area contributed by atoms with Gasteiger partial charge in [0.25, 0.3) is 11.8 Å². The molecule has 0 radical (unpaired) electrons. The molecule has 152 valence electrons. The lowest BCUT2D eigenvalue weighted by Gasteiger charge is -2.12. The Balaban J connectivity index is 1.31. The van der Waals surface area contributed by atoms with Crippen LogP contribution in [0, 0.1) is 0 Å². The highest BCUT2D eigenvalue weighted by Crippen LogP contribution is 2.23. The Morgan fingerprint density at radius 3 is 2.70 bits per heavy atom. The van der Waals surface area contributed by atoms with E-state index in [0.29, 0.717) is 17.2 Å². The maximum absolute atomic E-state index is 12.3. The zero-order valence-electron chi connectivity index (χ0n) is 16.3. The first kappa shape index (κ1) is 19.3. The van der Waals surface area contributed by atoms with Crippen LogP contribution in [0.1, 0.15) is 29.3 Å². The van der Waals surface area contributed by atoms with Crippen LogP contribution in [0.4, 0.5) is 5.69 Å². The number of benzene rings is 2. The van der Waals surface area contributed by atoms with Crippen LogP contribution >= 0.6 is 0 Å². The van der Waals surface area contributed by atoms with Crippen LogP contribution in [0.25, 0.3) is 11.0 Å². The monoisotopic (exact) mass is 404 g/mol. The fraction of sp³-hybridized carbons (Fsp3) is 0.130. The number of nitrogens with one attached hydrogen (secondary N) is 2. The minimum Gasteiger partial charge on any atom is -0.484 e. The van der Waals surface area contributed by atoms with Crippen LogP contribution in [-0.4, -0.2) is 18.4 Å². The van der Waals surface area contributed by atoms with Crippen LogP contribution in [0.2, 0.25) is 0 Å². The molecular weight excluding hydrogens is 384 g/mol. The molecule has 1 atom stereocenters. The molecule has 4 rings (SSSR count). The number of carbonyl (C=O) groups is 2. The van der Waals surface area contributed by atoms with E-state index >= 15 is 0 Å². The normalized spacial score (nSPS) is 11.8. The first-order valence-electron chi connectivity index (χ1n) is 9.44. The van der Waals surface area contributed by atoms with Crippen LogP contribution in [0.15, 0.2) is 81.8 Å². The zero-order chi connectivity index (χ0) is 20.9. The van der Waals surface area contributed by atoms with Gasteiger partial charge >= 0.3 is 0 Å². The molecular formula is C23H20N2O5. The zero-order valence-corrected chi connectivity index (χ0v) is 16.3. The van der Waals surface area contributed by atoms with Crippen molar-refractivity contribution in [3.05, 3.63) is 84.5 Å². The summed E-state index contributed by atoms with van der Waals surface area (Å²) in [6.45, 7) is 1.68. The second-order valence-corrected chi connectivity index (χ2v) is 6.72. The molecule has 0 saturated heterocycles. The first-order valence-corrected chi connectivity index (χ1v) is 9.44. The van der Waals surface area contributed by atoms with E-state index in [4.69, 9.17) is 13.6 Å². The molecule has 0 unspecified atom stereocenters. The lowest BCUT2D eigenvalue weighted by atomic mass is 10.2. The van der Waals surface area contributed by atoms with Gasteiger partial charge in [0.2, 0.25) is 0 Å². The molecule has 30 heavy (non-hydrogen) atoms. The van der Waals surface area contributed by atoms with Crippen molar-refractivity contribution >= 4 is 28.5 Å². The summed E-state index contributed by atoms with van der Waals surface area (Å²) in [6, 6.07) is 19.3. The van der Waals surface area contributed by atoms with E-state index in [1.165, 1.54) is 6.26 Å².